The molecule has 1 aliphatic rings. The number of carbonyl (C=O) groups is 1. The molecule has 0 unspecified atom stereocenters. The summed E-state index contributed by atoms with van der Waals surface area (Å²) >= 11 is 0. The molecule has 1 aromatic rings. The van der Waals surface area contributed by atoms with Gasteiger partial charge in [-0.05, 0) is 31.5 Å². The van der Waals surface area contributed by atoms with Crippen molar-refractivity contribution in [1.29, 1.82) is 0 Å². The molecule has 0 aromatic carbocycles. The normalized spacial score (nSPS) is 15.0. The van der Waals surface area contributed by atoms with Gasteiger partial charge in [0, 0.05) is 50.7 Å². The van der Waals surface area contributed by atoms with Crippen molar-refractivity contribution < 1.29 is 9.90 Å². The number of carboxylic acids is 1. The molecule has 1 N–H and O–H groups in total. The van der Waals surface area contributed by atoms with Gasteiger partial charge in [-0.2, -0.15) is 0 Å². The van der Waals surface area contributed by atoms with Crippen molar-refractivity contribution in [3.8, 4) is 0 Å². The van der Waals surface area contributed by atoms with Crippen LogP contribution in [0, 0.1) is 0 Å². The second-order valence-electron chi connectivity index (χ2n) is 4.88. The molecule has 1 saturated heterocycles. The predicted molar refractivity (Wildman–Crippen MR) is 88.9 cm³/mol. The van der Waals surface area contributed by atoms with Crippen LogP contribution < -0.4 is 4.90 Å². The Balaban J connectivity index is 0.00000200. The van der Waals surface area contributed by atoms with E-state index in [1.165, 1.54) is 5.69 Å². The number of aromatic nitrogens is 1. The first-order valence-electron chi connectivity index (χ1n) is 6.85. The molecule has 5 nitrogen and oxygen atoms in total. The highest BCUT2D eigenvalue weighted by atomic mass is 35.5. The molecule has 0 saturated carbocycles. The molecule has 0 aliphatic carbocycles. The topological polar surface area (TPSA) is 56.7 Å². The molecule has 2 heterocycles. The van der Waals surface area contributed by atoms with Crippen molar-refractivity contribution in [2.75, 3.05) is 37.6 Å². The Morgan fingerprint density at radius 3 is 2.29 bits per heavy atom. The van der Waals surface area contributed by atoms with E-state index in [1.54, 1.807) is 0 Å². The first kappa shape index (κ1) is 20.0. The maximum absolute atomic E-state index is 10.4. The lowest BCUT2D eigenvalue weighted by Crippen LogP contribution is -2.46. The lowest BCUT2D eigenvalue weighted by Gasteiger charge is -2.36. The number of pyridine rings is 1. The number of piperazine rings is 1. The van der Waals surface area contributed by atoms with Gasteiger partial charge in [0.15, 0.2) is 0 Å². The lowest BCUT2D eigenvalue weighted by molar-refractivity contribution is -0.137. The number of anilines is 1. The van der Waals surface area contributed by atoms with Gasteiger partial charge >= 0.3 is 5.97 Å². The summed E-state index contributed by atoms with van der Waals surface area (Å²) in [5, 5.41) is 8.59. The van der Waals surface area contributed by atoms with E-state index in [0.29, 0.717) is 0 Å². The van der Waals surface area contributed by atoms with Gasteiger partial charge in [-0.3, -0.25) is 14.7 Å². The second kappa shape index (κ2) is 10.7. The van der Waals surface area contributed by atoms with Crippen molar-refractivity contribution in [3.05, 3.63) is 24.5 Å². The Labute approximate surface area is 138 Å². The molecule has 7 heteroatoms. The zero-order chi connectivity index (χ0) is 13.5. The third kappa shape index (κ3) is 6.98. The largest absolute Gasteiger partial charge is 0.481 e. The fourth-order valence-electron chi connectivity index (χ4n) is 2.40. The Kier molecular flexibility index (Phi) is 10.1. The van der Waals surface area contributed by atoms with Gasteiger partial charge in [-0.15, -0.1) is 24.8 Å². The van der Waals surface area contributed by atoms with E-state index in [1.807, 2.05) is 24.5 Å². The SMILES string of the molecule is Cl.Cl.O=C(O)CCCCN1CCN(c2ccncc2)CC1. The van der Waals surface area contributed by atoms with Crippen LogP contribution in [-0.4, -0.2) is 53.7 Å². The van der Waals surface area contributed by atoms with Crippen LogP contribution in [0.5, 0.6) is 0 Å². The Bertz CT molecular complexity index is 398. The molecule has 0 bridgehead atoms. The number of hydrogen-bond acceptors (Lipinski definition) is 4. The van der Waals surface area contributed by atoms with E-state index in [4.69, 9.17) is 5.11 Å². The number of unbranched alkanes of at least 4 members (excludes halogenated alkanes) is 1. The third-order valence-corrected chi connectivity index (χ3v) is 3.52. The zero-order valence-electron chi connectivity index (χ0n) is 12.0. The first-order valence-corrected chi connectivity index (χ1v) is 6.85. The van der Waals surface area contributed by atoms with Crippen LogP contribution in [0.4, 0.5) is 5.69 Å². The van der Waals surface area contributed by atoms with Crippen molar-refractivity contribution in [2.24, 2.45) is 0 Å². The minimum atomic E-state index is -0.692. The summed E-state index contributed by atoms with van der Waals surface area (Å²) in [7, 11) is 0. The highest BCUT2D eigenvalue weighted by Gasteiger charge is 2.16. The number of aliphatic carboxylic acids is 1. The summed E-state index contributed by atoms with van der Waals surface area (Å²) in [6.45, 7) is 5.17. The van der Waals surface area contributed by atoms with Crippen LogP contribution in [0.25, 0.3) is 0 Å². The van der Waals surface area contributed by atoms with Gasteiger partial charge < -0.3 is 10.0 Å². The maximum atomic E-state index is 10.4. The highest BCUT2D eigenvalue weighted by Crippen LogP contribution is 2.14. The molecule has 120 valence electrons. The molecule has 0 amide bonds. The smallest absolute Gasteiger partial charge is 0.303 e. The number of rotatable bonds is 6. The van der Waals surface area contributed by atoms with Crippen LogP contribution in [0.15, 0.2) is 24.5 Å². The summed E-state index contributed by atoms with van der Waals surface area (Å²) in [5.41, 5.74) is 1.24. The number of nitrogens with zero attached hydrogens (tertiary/aromatic N) is 3. The van der Waals surface area contributed by atoms with E-state index in [2.05, 4.69) is 14.8 Å². The quantitative estimate of drug-likeness (QED) is 0.808. The van der Waals surface area contributed by atoms with Crippen molar-refractivity contribution in [3.63, 3.8) is 0 Å². The molecule has 0 radical (unpaired) electrons. The van der Waals surface area contributed by atoms with Crippen LogP contribution in [0.3, 0.4) is 0 Å². The summed E-state index contributed by atoms with van der Waals surface area (Å²) in [6, 6.07) is 4.09. The Morgan fingerprint density at radius 2 is 1.71 bits per heavy atom. The standard InChI is InChI=1S/C14H21N3O2.2ClH/c18-14(19)3-1-2-8-16-9-11-17(12-10-16)13-4-6-15-7-5-13;;/h4-7H,1-3,8-12H2,(H,18,19);2*1H. The average Bonchev–Trinajstić information content (AvgIpc) is 2.45. The number of halogens is 2. The van der Waals surface area contributed by atoms with Crippen LogP contribution in [-0.2, 0) is 4.79 Å². The van der Waals surface area contributed by atoms with Crippen LogP contribution >= 0.6 is 24.8 Å². The Hall–Kier alpha value is -1.04. The molecule has 1 aromatic heterocycles. The fraction of sp³-hybridized carbons (Fsp3) is 0.571. The predicted octanol–water partition coefficient (Wildman–Crippen LogP) is 2.30. The molecule has 1 fully saturated rings. The minimum Gasteiger partial charge on any atom is -0.481 e. The van der Waals surface area contributed by atoms with Gasteiger partial charge in [0.2, 0.25) is 0 Å². The Morgan fingerprint density at radius 1 is 1.10 bits per heavy atom. The van der Waals surface area contributed by atoms with E-state index in [-0.39, 0.29) is 31.2 Å². The van der Waals surface area contributed by atoms with Gasteiger partial charge in [-0.25, -0.2) is 0 Å². The molecular formula is C14H23Cl2N3O2. The van der Waals surface area contributed by atoms with Gasteiger partial charge in [-0.1, -0.05) is 0 Å². The molecule has 2 rings (SSSR count). The third-order valence-electron chi connectivity index (χ3n) is 3.52. The summed E-state index contributed by atoms with van der Waals surface area (Å²) in [4.78, 5) is 19.2. The minimum absolute atomic E-state index is 0. The maximum Gasteiger partial charge on any atom is 0.303 e. The monoisotopic (exact) mass is 335 g/mol. The molecule has 21 heavy (non-hydrogen) atoms. The van der Waals surface area contributed by atoms with E-state index >= 15 is 0 Å². The van der Waals surface area contributed by atoms with E-state index < -0.39 is 5.97 Å². The van der Waals surface area contributed by atoms with E-state index in [9.17, 15) is 4.79 Å². The number of carboxylic acid groups (broad SMARTS) is 1. The van der Waals surface area contributed by atoms with Gasteiger partial charge in [0.25, 0.3) is 0 Å². The molecule has 1 aliphatic heterocycles. The van der Waals surface area contributed by atoms with Crippen molar-refractivity contribution in [2.45, 2.75) is 19.3 Å². The van der Waals surface area contributed by atoms with Gasteiger partial charge in [0.05, 0.1) is 0 Å². The van der Waals surface area contributed by atoms with Crippen molar-refractivity contribution in [1.82, 2.24) is 9.88 Å². The highest BCUT2D eigenvalue weighted by molar-refractivity contribution is 5.85. The molecule has 0 atom stereocenters. The van der Waals surface area contributed by atoms with Gasteiger partial charge in [0.1, 0.15) is 0 Å². The first-order chi connectivity index (χ1) is 9.25. The number of hydrogen-bond donors (Lipinski definition) is 1. The van der Waals surface area contributed by atoms with Crippen LogP contribution in [0.1, 0.15) is 19.3 Å². The van der Waals surface area contributed by atoms with E-state index in [0.717, 1.165) is 45.6 Å². The molecule has 0 spiro atoms. The zero-order valence-corrected chi connectivity index (χ0v) is 13.6. The average molecular weight is 336 g/mol. The second-order valence-corrected chi connectivity index (χ2v) is 4.88. The lowest BCUT2D eigenvalue weighted by atomic mass is 10.2. The fourth-order valence-corrected chi connectivity index (χ4v) is 2.40. The van der Waals surface area contributed by atoms with Crippen molar-refractivity contribution >= 4 is 36.5 Å². The van der Waals surface area contributed by atoms with Crippen LogP contribution in [0.2, 0.25) is 0 Å². The summed E-state index contributed by atoms with van der Waals surface area (Å²) < 4.78 is 0. The summed E-state index contributed by atoms with van der Waals surface area (Å²) in [6.07, 6.45) is 5.69. The summed E-state index contributed by atoms with van der Waals surface area (Å²) in [5.74, 6) is -0.692. The molecular weight excluding hydrogens is 313 g/mol.